The minimum atomic E-state index is -0.641. The quantitative estimate of drug-likeness (QED) is 0.605. The number of methoxy groups -OCH3 is 2. The van der Waals surface area contributed by atoms with Crippen molar-refractivity contribution in [2.75, 3.05) is 21.3 Å². The van der Waals surface area contributed by atoms with Crippen LogP contribution in [0.5, 0.6) is 11.5 Å². The predicted octanol–water partition coefficient (Wildman–Crippen LogP) is 3.12. The van der Waals surface area contributed by atoms with Crippen molar-refractivity contribution in [2.45, 2.75) is 39.4 Å². The summed E-state index contributed by atoms with van der Waals surface area (Å²) >= 11 is 5.85. The molecule has 1 heterocycles. The first-order valence-electron chi connectivity index (χ1n) is 8.07. The Morgan fingerprint density at radius 1 is 1.20 bits per heavy atom. The van der Waals surface area contributed by atoms with Crippen LogP contribution in [0.1, 0.15) is 26.3 Å². The summed E-state index contributed by atoms with van der Waals surface area (Å²) in [5, 5.41) is -0.622. The molecule has 1 aliphatic rings. The first-order valence-corrected chi connectivity index (χ1v) is 8.45. The molecule has 6 nitrogen and oxygen atoms in total. The van der Waals surface area contributed by atoms with E-state index >= 15 is 0 Å². The summed E-state index contributed by atoms with van der Waals surface area (Å²) in [5.41, 5.74) is 0.545. The molecule has 2 atom stereocenters. The maximum atomic E-state index is 12.8. The van der Waals surface area contributed by atoms with Gasteiger partial charge >= 0.3 is 5.37 Å². The van der Waals surface area contributed by atoms with Gasteiger partial charge in [-0.1, -0.05) is 26.8 Å². The normalized spacial score (nSPS) is 20.8. The number of benzene rings is 1. The molecule has 1 aromatic carbocycles. The Balaban J connectivity index is 2.37. The van der Waals surface area contributed by atoms with Crippen molar-refractivity contribution in [1.82, 2.24) is 9.80 Å². The fourth-order valence-electron chi connectivity index (χ4n) is 3.47. The van der Waals surface area contributed by atoms with E-state index in [9.17, 15) is 9.59 Å². The van der Waals surface area contributed by atoms with E-state index in [0.717, 1.165) is 5.56 Å². The van der Waals surface area contributed by atoms with Gasteiger partial charge in [0.25, 0.3) is 0 Å². The van der Waals surface area contributed by atoms with Crippen LogP contribution in [-0.4, -0.2) is 54.5 Å². The predicted molar refractivity (Wildman–Crippen MR) is 96.1 cm³/mol. The van der Waals surface area contributed by atoms with E-state index in [1.807, 2.05) is 32.9 Å². The lowest BCUT2D eigenvalue weighted by atomic mass is 9.91. The number of ether oxygens (including phenoxy) is 2. The van der Waals surface area contributed by atoms with Gasteiger partial charge in [0, 0.05) is 18.9 Å². The first-order chi connectivity index (χ1) is 11.6. The third-order valence-corrected chi connectivity index (χ3v) is 4.65. The van der Waals surface area contributed by atoms with Gasteiger partial charge in [0.2, 0.25) is 5.91 Å². The number of carbonyl (C=O) groups is 2. The molecule has 138 valence electrons. The van der Waals surface area contributed by atoms with Crippen molar-refractivity contribution >= 4 is 22.9 Å². The van der Waals surface area contributed by atoms with Crippen molar-refractivity contribution in [3.63, 3.8) is 0 Å². The first kappa shape index (κ1) is 19.4. The third-order valence-electron chi connectivity index (χ3n) is 4.45. The van der Waals surface area contributed by atoms with Gasteiger partial charge in [-0.3, -0.25) is 14.5 Å². The molecule has 0 saturated carbocycles. The number of nitrogens with zero attached hydrogens (tertiary/aromatic N) is 2. The molecule has 1 fully saturated rings. The van der Waals surface area contributed by atoms with Gasteiger partial charge in [-0.05, 0) is 29.3 Å². The van der Waals surface area contributed by atoms with Crippen molar-refractivity contribution in [1.29, 1.82) is 0 Å². The van der Waals surface area contributed by atoms with Gasteiger partial charge in [0.05, 0.1) is 14.2 Å². The topological polar surface area (TPSA) is 59.1 Å². The Morgan fingerprint density at radius 3 is 2.28 bits per heavy atom. The summed E-state index contributed by atoms with van der Waals surface area (Å²) in [6.45, 7) is 5.94. The van der Waals surface area contributed by atoms with E-state index in [1.165, 1.54) is 4.90 Å². The summed E-state index contributed by atoms with van der Waals surface area (Å²) in [6, 6.07) is 4.81. The Morgan fingerprint density at radius 2 is 1.80 bits per heavy atom. The van der Waals surface area contributed by atoms with Crippen LogP contribution in [0.25, 0.3) is 0 Å². The highest BCUT2D eigenvalue weighted by Crippen LogP contribution is 2.36. The molecule has 0 aromatic heterocycles. The zero-order valence-electron chi connectivity index (χ0n) is 15.5. The largest absolute Gasteiger partial charge is 0.493 e. The Hall–Kier alpha value is -1.95. The van der Waals surface area contributed by atoms with Crippen LogP contribution in [0.3, 0.4) is 0 Å². The molecule has 0 unspecified atom stereocenters. The molecule has 2 amide bonds. The lowest BCUT2D eigenvalue weighted by molar-refractivity contribution is -0.129. The smallest absolute Gasteiger partial charge is 0.318 e. The second-order valence-corrected chi connectivity index (χ2v) is 7.58. The molecular weight excluding hydrogens is 344 g/mol. The molecule has 1 aliphatic heterocycles. The van der Waals surface area contributed by atoms with Gasteiger partial charge in [0.1, 0.15) is 12.2 Å². The maximum Gasteiger partial charge on any atom is 0.318 e. The van der Waals surface area contributed by atoms with E-state index in [2.05, 4.69) is 0 Å². The zero-order chi connectivity index (χ0) is 18.9. The monoisotopic (exact) mass is 368 g/mol. The van der Waals surface area contributed by atoms with Crippen LogP contribution in [0.2, 0.25) is 0 Å². The average molecular weight is 369 g/mol. The molecule has 2 rings (SSSR count). The third kappa shape index (κ3) is 3.68. The summed E-state index contributed by atoms with van der Waals surface area (Å²) in [4.78, 5) is 27.9. The lowest BCUT2D eigenvalue weighted by Gasteiger charge is -2.37. The summed E-state index contributed by atoms with van der Waals surface area (Å²) in [6.07, 6.45) is -0.0377. The Labute approximate surface area is 153 Å². The maximum absolute atomic E-state index is 12.8. The van der Waals surface area contributed by atoms with E-state index in [1.54, 1.807) is 32.2 Å². The van der Waals surface area contributed by atoms with E-state index in [0.29, 0.717) is 17.9 Å². The molecule has 0 N–H and O–H groups in total. The van der Waals surface area contributed by atoms with Crippen molar-refractivity contribution < 1.29 is 19.1 Å². The van der Waals surface area contributed by atoms with Crippen LogP contribution in [0.15, 0.2) is 18.2 Å². The molecule has 0 bridgehead atoms. The molecule has 0 aliphatic carbocycles. The highest BCUT2D eigenvalue weighted by molar-refractivity contribution is 6.63. The van der Waals surface area contributed by atoms with Crippen LogP contribution in [0, 0.1) is 5.41 Å². The van der Waals surface area contributed by atoms with Crippen LogP contribution in [0.4, 0.5) is 4.79 Å². The molecular formula is C18H25ClN2O4. The number of rotatable bonds is 4. The SMILES string of the molecule is COc1ccc(C[C@H]2C(=O)N(C)[C@H](C(C)(C)C)N2C(=O)Cl)cc1OC. The number of halogens is 1. The van der Waals surface area contributed by atoms with Crippen molar-refractivity contribution in [2.24, 2.45) is 5.41 Å². The Kier molecular flexibility index (Phi) is 5.52. The molecule has 1 saturated heterocycles. The molecule has 0 spiro atoms. The highest BCUT2D eigenvalue weighted by atomic mass is 35.5. The summed E-state index contributed by atoms with van der Waals surface area (Å²) in [5.74, 6) is 1.07. The molecule has 1 aromatic rings. The average Bonchev–Trinajstić information content (AvgIpc) is 2.79. The zero-order valence-corrected chi connectivity index (χ0v) is 16.3. The van der Waals surface area contributed by atoms with Crippen LogP contribution >= 0.6 is 11.6 Å². The Bertz CT molecular complexity index is 672. The van der Waals surface area contributed by atoms with E-state index in [-0.39, 0.29) is 11.3 Å². The van der Waals surface area contributed by atoms with Crippen molar-refractivity contribution in [3.8, 4) is 11.5 Å². The number of hydrogen-bond donors (Lipinski definition) is 0. The minimum absolute atomic E-state index is 0.122. The van der Waals surface area contributed by atoms with E-state index in [4.69, 9.17) is 21.1 Å². The summed E-state index contributed by atoms with van der Waals surface area (Å²) < 4.78 is 10.5. The molecule has 7 heteroatoms. The second-order valence-electron chi connectivity index (χ2n) is 7.26. The van der Waals surface area contributed by atoms with Crippen LogP contribution in [-0.2, 0) is 11.2 Å². The van der Waals surface area contributed by atoms with Crippen LogP contribution < -0.4 is 9.47 Å². The van der Waals surface area contributed by atoms with Crippen molar-refractivity contribution in [3.05, 3.63) is 23.8 Å². The molecule has 0 radical (unpaired) electrons. The lowest BCUT2D eigenvalue weighted by Crippen LogP contribution is -2.49. The number of amides is 2. The standard InChI is InChI=1S/C18H25ClN2O4/c1-18(2,3)16-20(4)15(22)12(21(16)17(19)23)9-11-7-8-13(24-5)14(10-11)25-6/h7-8,10,12,16H,9H2,1-6H3/t12-,16-/m0/s1. The van der Waals surface area contributed by atoms with Gasteiger partial charge < -0.3 is 14.4 Å². The second kappa shape index (κ2) is 7.12. The van der Waals surface area contributed by atoms with Gasteiger partial charge in [-0.25, -0.2) is 0 Å². The van der Waals surface area contributed by atoms with Gasteiger partial charge in [0.15, 0.2) is 11.5 Å². The number of carbonyl (C=O) groups excluding carboxylic acids is 2. The summed E-state index contributed by atoms with van der Waals surface area (Å²) in [7, 11) is 4.83. The fraction of sp³-hybridized carbons (Fsp3) is 0.556. The van der Waals surface area contributed by atoms with Gasteiger partial charge in [-0.15, -0.1) is 0 Å². The van der Waals surface area contributed by atoms with Gasteiger partial charge in [-0.2, -0.15) is 0 Å². The minimum Gasteiger partial charge on any atom is -0.493 e. The number of likely N-dealkylation sites (N-methyl/N-ethyl adjacent to an activating group) is 1. The highest BCUT2D eigenvalue weighted by Gasteiger charge is 2.50. The number of hydrogen-bond acceptors (Lipinski definition) is 4. The fourth-order valence-corrected chi connectivity index (χ4v) is 3.68. The van der Waals surface area contributed by atoms with E-state index < -0.39 is 17.6 Å². The molecule has 25 heavy (non-hydrogen) atoms.